The van der Waals surface area contributed by atoms with Crippen LogP contribution in [0.15, 0.2) is 36.9 Å². The highest BCUT2D eigenvalue weighted by Crippen LogP contribution is 2.31. The number of carbonyl (C=O) groups is 1. The molecule has 2 N–H and O–H groups in total. The maximum atomic E-state index is 12.3. The van der Waals surface area contributed by atoms with Crippen LogP contribution in [0.5, 0.6) is 0 Å². The zero-order valence-electron chi connectivity index (χ0n) is 15.4. The van der Waals surface area contributed by atoms with Crippen LogP contribution in [0, 0.1) is 11.7 Å². The van der Waals surface area contributed by atoms with Crippen molar-refractivity contribution < 1.29 is 4.79 Å². The number of H-pyrrole nitrogens is 1. The van der Waals surface area contributed by atoms with Gasteiger partial charge >= 0.3 is 0 Å². The number of carbonyl (C=O) groups excluding carboxylic acids is 1. The predicted octanol–water partition coefficient (Wildman–Crippen LogP) is 5.17. The summed E-state index contributed by atoms with van der Waals surface area (Å²) in [5, 5.41) is 11.2. The summed E-state index contributed by atoms with van der Waals surface area (Å²) in [6, 6.07) is 7.68. The first-order valence-corrected chi connectivity index (χ1v) is 10.4. The average Bonchev–Trinajstić information content (AvgIpc) is 3.19. The number of halogens is 1. The van der Waals surface area contributed by atoms with E-state index in [1.54, 1.807) is 6.08 Å². The molecule has 0 aliphatic heterocycles. The molecule has 2 aromatic heterocycles. The molecule has 3 rings (SSSR count). The standard InChI is InChI=1S/C19H20ClN5OS2/c1-3-11-25-17(23-24-19(25)27)16-12(2)21-18(28-16)22-15(26)6-4-5-13-7-9-14(20)10-8-13/h3,7-10H,1,4-6,11H2,2H3,(H,24,27)(H,21,22,26). The summed E-state index contributed by atoms with van der Waals surface area (Å²) in [7, 11) is 0. The summed E-state index contributed by atoms with van der Waals surface area (Å²) in [6.45, 7) is 6.19. The summed E-state index contributed by atoms with van der Waals surface area (Å²) >= 11 is 12.5. The molecule has 0 saturated heterocycles. The Morgan fingerprint density at radius 2 is 2.18 bits per heavy atom. The second kappa shape index (κ2) is 9.27. The fourth-order valence-electron chi connectivity index (χ4n) is 2.73. The van der Waals surface area contributed by atoms with Gasteiger partial charge in [0.15, 0.2) is 15.7 Å². The highest BCUT2D eigenvalue weighted by Gasteiger charge is 2.17. The number of anilines is 1. The number of aromatic nitrogens is 4. The van der Waals surface area contributed by atoms with Crippen molar-refractivity contribution in [3.8, 4) is 10.7 Å². The van der Waals surface area contributed by atoms with Crippen LogP contribution in [-0.4, -0.2) is 25.7 Å². The molecule has 0 bridgehead atoms. The van der Waals surface area contributed by atoms with Gasteiger partial charge in [-0.25, -0.2) is 4.98 Å². The van der Waals surface area contributed by atoms with Gasteiger partial charge < -0.3 is 5.32 Å². The van der Waals surface area contributed by atoms with E-state index >= 15 is 0 Å². The van der Waals surface area contributed by atoms with Crippen molar-refractivity contribution in [3.05, 3.63) is 58.0 Å². The van der Waals surface area contributed by atoms with Crippen LogP contribution in [0.25, 0.3) is 10.7 Å². The molecule has 6 nitrogen and oxygen atoms in total. The number of hydrogen-bond donors (Lipinski definition) is 2. The van der Waals surface area contributed by atoms with Crippen LogP contribution in [0.3, 0.4) is 0 Å². The smallest absolute Gasteiger partial charge is 0.226 e. The zero-order valence-corrected chi connectivity index (χ0v) is 17.8. The second-order valence-corrected chi connectivity index (χ2v) is 8.04. The minimum Gasteiger partial charge on any atom is -0.302 e. The van der Waals surface area contributed by atoms with E-state index in [-0.39, 0.29) is 5.91 Å². The predicted molar refractivity (Wildman–Crippen MR) is 116 cm³/mol. The van der Waals surface area contributed by atoms with E-state index in [1.165, 1.54) is 11.3 Å². The van der Waals surface area contributed by atoms with Crippen molar-refractivity contribution in [3.63, 3.8) is 0 Å². The van der Waals surface area contributed by atoms with Crippen molar-refractivity contribution in [1.82, 2.24) is 19.7 Å². The largest absolute Gasteiger partial charge is 0.302 e. The number of amides is 1. The molecule has 0 unspecified atom stereocenters. The summed E-state index contributed by atoms with van der Waals surface area (Å²) in [4.78, 5) is 17.6. The Morgan fingerprint density at radius 3 is 2.89 bits per heavy atom. The van der Waals surface area contributed by atoms with Crippen molar-refractivity contribution in [2.24, 2.45) is 0 Å². The average molecular weight is 434 g/mol. The van der Waals surface area contributed by atoms with Gasteiger partial charge in [0.05, 0.1) is 10.6 Å². The fraction of sp³-hybridized carbons (Fsp3) is 0.263. The molecular formula is C19H20ClN5OS2. The SMILES string of the molecule is C=CCn1c(-c2sc(NC(=O)CCCc3ccc(Cl)cc3)nc2C)n[nH]c1=S. The third-order valence-corrected chi connectivity index (χ3v) is 5.73. The number of thiazole rings is 1. The normalized spacial score (nSPS) is 10.8. The van der Waals surface area contributed by atoms with Gasteiger partial charge in [-0.1, -0.05) is 41.1 Å². The van der Waals surface area contributed by atoms with Gasteiger partial charge in [0.1, 0.15) is 0 Å². The van der Waals surface area contributed by atoms with E-state index in [2.05, 4.69) is 27.1 Å². The van der Waals surface area contributed by atoms with Gasteiger partial charge in [-0.3, -0.25) is 14.5 Å². The van der Waals surface area contributed by atoms with Crippen LogP contribution in [0.1, 0.15) is 24.1 Å². The molecule has 9 heteroatoms. The Morgan fingerprint density at radius 1 is 1.43 bits per heavy atom. The molecule has 0 fully saturated rings. The Balaban J connectivity index is 1.61. The lowest BCUT2D eigenvalue weighted by molar-refractivity contribution is -0.116. The van der Waals surface area contributed by atoms with Gasteiger partial charge in [-0.2, -0.15) is 5.10 Å². The Labute approximate surface area is 177 Å². The number of aryl methyl sites for hydroxylation is 2. The van der Waals surface area contributed by atoms with Gasteiger partial charge in [0.25, 0.3) is 0 Å². The monoisotopic (exact) mass is 433 g/mol. The van der Waals surface area contributed by atoms with Crippen LogP contribution in [0.2, 0.25) is 5.02 Å². The lowest BCUT2D eigenvalue weighted by Crippen LogP contribution is -2.11. The third kappa shape index (κ3) is 4.95. The second-order valence-electron chi connectivity index (χ2n) is 6.21. The molecule has 0 saturated carbocycles. The summed E-state index contributed by atoms with van der Waals surface area (Å²) in [6.07, 6.45) is 3.76. The maximum Gasteiger partial charge on any atom is 0.226 e. The van der Waals surface area contributed by atoms with Crippen LogP contribution >= 0.6 is 35.2 Å². The van der Waals surface area contributed by atoms with E-state index < -0.39 is 0 Å². The molecule has 2 heterocycles. The van der Waals surface area contributed by atoms with Gasteiger partial charge in [0.2, 0.25) is 5.91 Å². The Bertz CT molecular complexity index is 1040. The van der Waals surface area contributed by atoms with Crippen molar-refractivity contribution in [2.75, 3.05) is 5.32 Å². The minimum absolute atomic E-state index is 0.0563. The van der Waals surface area contributed by atoms with E-state index in [0.29, 0.717) is 33.7 Å². The van der Waals surface area contributed by atoms with E-state index in [9.17, 15) is 4.79 Å². The van der Waals surface area contributed by atoms with Gasteiger partial charge in [-0.05, 0) is 49.7 Å². The van der Waals surface area contributed by atoms with Gasteiger partial charge in [-0.15, -0.1) is 6.58 Å². The summed E-state index contributed by atoms with van der Waals surface area (Å²) in [5.74, 6) is 0.641. The first kappa shape index (κ1) is 20.4. The number of nitrogens with zero attached hydrogens (tertiary/aromatic N) is 3. The highest BCUT2D eigenvalue weighted by molar-refractivity contribution is 7.71. The molecule has 0 aliphatic rings. The number of rotatable bonds is 8. The fourth-order valence-corrected chi connectivity index (χ4v) is 4.05. The molecule has 3 aromatic rings. The first-order chi connectivity index (χ1) is 13.5. The Kier molecular flexibility index (Phi) is 6.77. The first-order valence-electron chi connectivity index (χ1n) is 8.76. The number of allylic oxidation sites excluding steroid dienone is 1. The number of nitrogens with one attached hydrogen (secondary N) is 2. The molecule has 0 spiro atoms. The highest BCUT2D eigenvalue weighted by atomic mass is 35.5. The quantitative estimate of drug-likeness (QED) is 0.379. The molecule has 0 aliphatic carbocycles. The Hall–Kier alpha value is -2.29. The van der Waals surface area contributed by atoms with Gasteiger partial charge in [0, 0.05) is 18.0 Å². The number of benzene rings is 1. The van der Waals surface area contributed by atoms with E-state index in [4.69, 9.17) is 23.8 Å². The maximum absolute atomic E-state index is 12.3. The summed E-state index contributed by atoms with van der Waals surface area (Å²) < 4.78 is 2.37. The molecule has 0 atom stereocenters. The number of aromatic amines is 1. The third-order valence-electron chi connectivity index (χ3n) is 4.10. The topological polar surface area (TPSA) is 75.6 Å². The van der Waals surface area contributed by atoms with E-state index in [0.717, 1.165) is 29.0 Å². The zero-order chi connectivity index (χ0) is 20.1. The lowest BCUT2D eigenvalue weighted by atomic mass is 10.1. The molecule has 28 heavy (non-hydrogen) atoms. The molecule has 1 amide bonds. The van der Waals surface area contributed by atoms with Crippen LogP contribution in [-0.2, 0) is 17.8 Å². The molecular weight excluding hydrogens is 414 g/mol. The molecule has 146 valence electrons. The number of hydrogen-bond acceptors (Lipinski definition) is 5. The lowest BCUT2D eigenvalue weighted by Gasteiger charge is -2.03. The van der Waals surface area contributed by atoms with Crippen molar-refractivity contribution in [2.45, 2.75) is 32.7 Å². The molecule has 1 aromatic carbocycles. The van der Waals surface area contributed by atoms with Crippen LogP contribution < -0.4 is 5.32 Å². The van der Waals surface area contributed by atoms with E-state index in [1.807, 2.05) is 35.8 Å². The minimum atomic E-state index is -0.0563. The van der Waals surface area contributed by atoms with Crippen molar-refractivity contribution in [1.29, 1.82) is 0 Å². The van der Waals surface area contributed by atoms with Crippen LogP contribution in [0.4, 0.5) is 5.13 Å². The van der Waals surface area contributed by atoms with Crippen molar-refractivity contribution >= 4 is 46.2 Å². The summed E-state index contributed by atoms with van der Waals surface area (Å²) in [5.41, 5.74) is 1.95. The molecule has 0 radical (unpaired) electrons.